The zero-order valence-corrected chi connectivity index (χ0v) is 22.1. The summed E-state index contributed by atoms with van der Waals surface area (Å²) < 4.78 is 10.7. The normalized spacial score (nSPS) is 11.9. The van der Waals surface area contributed by atoms with Gasteiger partial charge >= 0.3 is 18.1 Å². The zero-order valence-electron chi connectivity index (χ0n) is 22.1. The van der Waals surface area contributed by atoms with Crippen LogP contribution in [0.4, 0.5) is 9.59 Å². The molecule has 2 amide bonds. The Bertz CT molecular complexity index is 1180. The fourth-order valence-electron chi connectivity index (χ4n) is 3.43. The zero-order chi connectivity index (χ0) is 27.4. The van der Waals surface area contributed by atoms with Crippen molar-refractivity contribution in [2.75, 3.05) is 6.54 Å². The first-order chi connectivity index (χ1) is 18.2. The second kappa shape index (κ2) is 13.9. The van der Waals surface area contributed by atoms with Crippen LogP contribution in [0.25, 0.3) is 0 Å². The highest BCUT2D eigenvalue weighted by Gasteiger charge is 2.23. The van der Waals surface area contributed by atoms with E-state index in [1.165, 1.54) is 0 Å². The van der Waals surface area contributed by atoms with Gasteiger partial charge in [0.1, 0.15) is 19.3 Å². The molecular weight excluding hydrogens is 486 g/mol. The Labute approximate surface area is 222 Å². The van der Waals surface area contributed by atoms with Crippen LogP contribution in [0, 0.1) is 0 Å². The van der Waals surface area contributed by atoms with Crippen molar-refractivity contribution in [3.63, 3.8) is 0 Å². The van der Waals surface area contributed by atoms with Crippen molar-refractivity contribution < 1.29 is 23.9 Å². The summed E-state index contributed by atoms with van der Waals surface area (Å²) in [5.41, 5.74) is 2.19. The first-order valence-electron chi connectivity index (χ1n) is 12.6. The third kappa shape index (κ3) is 9.34. The summed E-state index contributed by atoms with van der Waals surface area (Å²) in [6.07, 6.45) is 2.31. The Balaban J connectivity index is 1.48. The lowest BCUT2D eigenvalue weighted by Gasteiger charge is -2.18. The van der Waals surface area contributed by atoms with Crippen molar-refractivity contribution in [3.8, 4) is 0 Å². The number of carbonyl (C=O) groups excluding carboxylic acids is 3. The number of aromatic nitrogens is 3. The van der Waals surface area contributed by atoms with Gasteiger partial charge in [-0.05, 0) is 30.4 Å². The van der Waals surface area contributed by atoms with Gasteiger partial charge in [0.15, 0.2) is 0 Å². The van der Waals surface area contributed by atoms with Crippen LogP contribution in [0.2, 0.25) is 0 Å². The van der Waals surface area contributed by atoms with Crippen LogP contribution in [0.1, 0.15) is 56.9 Å². The third-order valence-electron chi connectivity index (χ3n) is 5.65. The molecule has 3 aromatic rings. The molecule has 1 aromatic heterocycles. The number of alkyl carbamates (subject to hydrolysis) is 1. The number of esters is 1. The van der Waals surface area contributed by atoms with Crippen LogP contribution in [0.5, 0.6) is 0 Å². The maximum absolute atomic E-state index is 12.8. The lowest BCUT2D eigenvalue weighted by atomic mass is 9.93. The van der Waals surface area contributed by atoms with Gasteiger partial charge in [-0.25, -0.2) is 14.4 Å². The van der Waals surface area contributed by atoms with Gasteiger partial charge in [0.25, 0.3) is 0 Å². The number of nitrogens with zero attached hydrogens (tertiary/aromatic N) is 3. The molecule has 0 aliphatic heterocycles. The minimum Gasteiger partial charge on any atom is -0.459 e. The van der Waals surface area contributed by atoms with Crippen molar-refractivity contribution >= 4 is 18.1 Å². The maximum Gasteiger partial charge on any atom is 0.408 e. The van der Waals surface area contributed by atoms with E-state index in [1.54, 1.807) is 6.20 Å². The van der Waals surface area contributed by atoms with E-state index in [1.807, 2.05) is 81.4 Å². The van der Waals surface area contributed by atoms with Gasteiger partial charge in [-0.3, -0.25) is 0 Å². The number of hydrogen-bond donors (Lipinski definition) is 2. The molecule has 202 valence electrons. The van der Waals surface area contributed by atoms with E-state index in [2.05, 4.69) is 20.8 Å². The number of benzene rings is 2. The molecule has 0 unspecified atom stereocenters. The Morgan fingerprint density at radius 1 is 0.895 bits per heavy atom. The molecule has 1 heterocycles. The van der Waals surface area contributed by atoms with Gasteiger partial charge in [0, 0.05) is 12.0 Å². The number of amides is 2. The van der Waals surface area contributed by atoms with Crippen molar-refractivity contribution in [2.24, 2.45) is 0 Å². The summed E-state index contributed by atoms with van der Waals surface area (Å²) in [6, 6.07) is 17.2. The molecule has 3 rings (SSSR count). The first-order valence-corrected chi connectivity index (χ1v) is 12.6. The molecular formula is C28H35N5O5. The fourth-order valence-corrected chi connectivity index (χ4v) is 3.43. The smallest absolute Gasteiger partial charge is 0.408 e. The molecule has 2 aromatic carbocycles. The Morgan fingerprint density at radius 2 is 1.50 bits per heavy atom. The van der Waals surface area contributed by atoms with Crippen LogP contribution in [0.15, 0.2) is 66.9 Å². The molecule has 0 radical (unpaired) electrons. The molecule has 0 saturated carbocycles. The summed E-state index contributed by atoms with van der Waals surface area (Å²) in [4.78, 5) is 38.5. The molecule has 10 heteroatoms. The molecule has 0 aliphatic carbocycles. The lowest BCUT2D eigenvalue weighted by Crippen LogP contribution is -2.42. The Kier molecular flexibility index (Phi) is 10.4. The molecule has 0 spiro atoms. The number of hydrogen-bond acceptors (Lipinski definition) is 7. The van der Waals surface area contributed by atoms with E-state index in [9.17, 15) is 14.4 Å². The summed E-state index contributed by atoms with van der Waals surface area (Å²) in [6.45, 7) is 6.52. The van der Waals surface area contributed by atoms with Crippen LogP contribution < -0.4 is 10.6 Å². The highest BCUT2D eigenvalue weighted by atomic mass is 16.6. The summed E-state index contributed by atoms with van der Waals surface area (Å²) in [5.74, 6) is -0.551. The van der Waals surface area contributed by atoms with E-state index in [-0.39, 0.29) is 18.6 Å². The van der Waals surface area contributed by atoms with Crippen molar-refractivity contribution in [3.05, 3.63) is 83.7 Å². The predicted molar refractivity (Wildman–Crippen MR) is 141 cm³/mol. The minimum atomic E-state index is -0.889. The van der Waals surface area contributed by atoms with Crippen molar-refractivity contribution in [1.29, 1.82) is 0 Å². The van der Waals surface area contributed by atoms with Gasteiger partial charge in [0.05, 0.1) is 11.9 Å². The quantitative estimate of drug-likeness (QED) is 0.284. The number of unbranched alkanes of at least 4 members (excludes halogenated alkanes) is 1. The number of rotatable bonds is 11. The van der Waals surface area contributed by atoms with Gasteiger partial charge < -0.3 is 20.1 Å². The first kappa shape index (κ1) is 28.4. The Morgan fingerprint density at radius 3 is 2.08 bits per heavy atom. The molecule has 10 nitrogen and oxygen atoms in total. The summed E-state index contributed by atoms with van der Waals surface area (Å²) in [5, 5.41) is 13.6. The molecule has 1 atom stereocenters. The fraction of sp³-hybridized carbons (Fsp3) is 0.393. The van der Waals surface area contributed by atoms with Crippen LogP contribution in [0.3, 0.4) is 0 Å². The minimum absolute atomic E-state index is 0.0862. The standard InChI is InChI=1S/C28H35N5O5/c1-28(2,3)24-18-30-33(32-24)26(35)29-17-11-10-16-23(25(34)37-19-21-12-6-4-7-13-21)31-27(36)38-20-22-14-8-5-9-15-22/h4-9,12-15,18,23H,10-11,16-17,19-20H2,1-3H3,(H,29,35)(H,31,36)/t23-/m0/s1. The van der Waals surface area contributed by atoms with E-state index in [0.717, 1.165) is 21.6 Å². The van der Waals surface area contributed by atoms with Crippen LogP contribution in [-0.2, 0) is 32.9 Å². The molecule has 0 saturated heterocycles. The second-order valence-corrected chi connectivity index (χ2v) is 9.85. The third-order valence-corrected chi connectivity index (χ3v) is 5.65. The number of ether oxygens (including phenoxy) is 2. The molecule has 0 aliphatic rings. The highest BCUT2D eigenvalue weighted by Crippen LogP contribution is 2.18. The summed E-state index contributed by atoms with van der Waals surface area (Å²) in [7, 11) is 0. The summed E-state index contributed by atoms with van der Waals surface area (Å²) >= 11 is 0. The molecule has 38 heavy (non-hydrogen) atoms. The predicted octanol–water partition coefficient (Wildman–Crippen LogP) is 4.34. The van der Waals surface area contributed by atoms with Crippen LogP contribution in [-0.4, -0.2) is 45.7 Å². The van der Waals surface area contributed by atoms with Gasteiger partial charge in [-0.2, -0.15) is 5.10 Å². The topological polar surface area (TPSA) is 124 Å². The van der Waals surface area contributed by atoms with Gasteiger partial charge in [0.2, 0.25) is 0 Å². The molecule has 0 bridgehead atoms. The van der Waals surface area contributed by atoms with Gasteiger partial charge in [-0.15, -0.1) is 5.10 Å². The highest BCUT2D eigenvalue weighted by molar-refractivity contribution is 5.81. The average Bonchev–Trinajstić information content (AvgIpc) is 3.42. The SMILES string of the molecule is CC(C)(C)c1cnn(C(=O)NCCCC[C@H](NC(=O)OCc2ccccc2)C(=O)OCc2ccccc2)n1. The van der Waals surface area contributed by atoms with Gasteiger partial charge in [-0.1, -0.05) is 86.2 Å². The Hall–Kier alpha value is -4.21. The van der Waals surface area contributed by atoms with E-state index >= 15 is 0 Å². The second-order valence-electron chi connectivity index (χ2n) is 9.85. The average molecular weight is 522 g/mol. The van der Waals surface area contributed by atoms with E-state index in [4.69, 9.17) is 9.47 Å². The van der Waals surface area contributed by atoms with Crippen molar-refractivity contribution in [2.45, 2.75) is 64.7 Å². The maximum atomic E-state index is 12.8. The lowest BCUT2D eigenvalue weighted by molar-refractivity contribution is -0.147. The monoisotopic (exact) mass is 521 g/mol. The molecule has 2 N–H and O–H groups in total. The molecule has 0 fully saturated rings. The number of carbonyl (C=O) groups is 3. The van der Waals surface area contributed by atoms with E-state index in [0.29, 0.717) is 25.8 Å². The largest absolute Gasteiger partial charge is 0.459 e. The number of nitrogens with one attached hydrogen (secondary N) is 2. The van der Waals surface area contributed by atoms with Crippen LogP contribution >= 0.6 is 0 Å². The van der Waals surface area contributed by atoms with Crippen molar-refractivity contribution in [1.82, 2.24) is 25.6 Å². The van der Waals surface area contributed by atoms with E-state index < -0.39 is 24.1 Å².